The zero-order chi connectivity index (χ0) is 13.1. The zero-order valence-corrected chi connectivity index (χ0v) is 12.2. The van der Waals surface area contributed by atoms with Gasteiger partial charge >= 0.3 is 0 Å². The lowest BCUT2D eigenvalue weighted by atomic mass is 10.0. The van der Waals surface area contributed by atoms with E-state index in [-0.39, 0.29) is 6.04 Å². The van der Waals surface area contributed by atoms with E-state index in [4.69, 9.17) is 17.4 Å². The van der Waals surface area contributed by atoms with Crippen LogP contribution in [0.3, 0.4) is 0 Å². The third-order valence-corrected chi connectivity index (χ3v) is 3.64. The number of nitrogens with zero attached hydrogens (tertiary/aromatic N) is 2. The second-order valence-corrected chi connectivity index (χ2v) is 5.35. The molecule has 4 nitrogen and oxygen atoms in total. The van der Waals surface area contributed by atoms with Gasteiger partial charge in [-0.2, -0.15) is 5.10 Å². The van der Waals surface area contributed by atoms with E-state index in [9.17, 15) is 0 Å². The first-order valence-corrected chi connectivity index (χ1v) is 6.67. The van der Waals surface area contributed by atoms with Gasteiger partial charge < -0.3 is 0 Å². The van der Waals surface area contributed by atoms with E-state index in [1.807, 2.05) is 31.3 Å². The molecule has 0 amide bonds. The van der Waals surface area contributed by atoms with Crippen molar-refractivity contribution in [1.29, 1.82) is 0 Å². The van der Waals surface area contributed by atoms with Crippen molar-refractivity contribution >= 4 is 27.5 Å². The van der Waals surface area contributed by atoms with Crippen LogP contribution in [0.1, 0.15) is 17.3 Å². The number of aryl methyl sites for hydroxylation is 1. The number of aromatic nitrogens is 2. The summed E-state index contributed by atoms with van der Waals surface area (Å²) < 4.78 is 2.74. The third kappa shape index (κ3) is 2.92. The first kappa shape index (κ1) is 13.5. The maximum atomic E-state index is 5.98. The Balaban J connectivity index is 2.25. The molecule has 2 rings (SSSR count). The predicted octanol–water partition coefficient (Wildman–Crippen LogP) is 2.58. The van der Waals surface area contributed by atoms with Crippen molar-refractivity contribution in [2.75, 3.05) is 0 Å². The summed E-state index contributed by atoms with van der Waals surface area (Å²) in [4.78, 5) is 0. The highest BCUT2D eigenvalue weighted by atomic mass is 79.9. The van der Waals surface area contributed by atoms with Crippen molar-refractivity contribution in [3.05, 3.63) is 51.2 Å². The fraction of sp³-hybridized carbons (Fsp3) is 0.250. The summed E-state index contributed by atoms with van der Waals surface area (Å²) in [6, 6.07) is 7.74. The molecule has 0 aliphatic heterocycles. The van der Waals surface area contributed by atoms with Crippen molar-refractivity contribution in [2.45, 2.75) is 12.5 Å². The van der Waals surface area contributed by atoms with Gasteiger partial charge in [0, 0.05) is 12.1 Å². The van der Waals surface area contributed by atoms with Crippen LogP contribution in [0.5, 0.6) is 0 Å². The largest absolute Gasteiger partial charge is 0.271 e. The molecule has 18 heavy (non-hydrogen) atoms. The normalized spacial score (nSPS) is 12.7. The molecule has 1 atom stereocenters. The van der Waals surface area contributed by atoms with Crippen LogP contribution in [0.15, 0.2) is 34.9 Å². The summed E-state index contributed by atoms with van der Waals surface area (Å²) >= 11 is 9.46. The Morgan fingerprint density at radius 3 is 2.89 bits per heavy atom. The van der Waals surface area contributed by atoms with Crippen LogP contribution < -0.4 is 11.3 Å². The lowest BCUT2D eigenvalue weighted by Gasteiger charge is -2.17. The number of rotatable bonds is 4. The van der Waals surface area contributed by atoms with Gasteiger partial charge in [0.15, 0.2) is 0 Å². The van der Waals surface area contributed by atoms with Gasteiger partial charge in [-0.25, -0.2) is 0 Å². The first-order chi connectivity index (χ1) is 8.61. The smallest absolute Gasteiger partial charge is 0.0709 e. The van der Waals surface area contributed by atoms with E-state index in [1.54, 1.807) is 10.9 Å². The minimum absolute atomic E-state index is 0.0228. The van der Waals surface area contributed by atoms with Gasteiger partial charge in [-0.05, 0) is 40.0 Å². The van der Waals surface area contributed by atoms with Crippen LogP contribution in [0.4, 0.5) is 0 Å². The number of halogens is 2. The van der Waals surface area contributed by atoms with E-state index in [0.717, 1.165) is 27.2 Å². The van der Waals surface area contributed by atoms with Crippen LogP contribution in [0.2, 0.25) is 5.02 Å². The zero-order valence-electron chi connectivity index (χ0n) is 9.90. The SMILES string of the molecule is Cn1ncc(Br)c1C(Cc1cccc(Cl)c1)NN. The molecular formula is C12H14BrClN4. The number of hydrogen-bond acceptors (Lipinski definition) is 3. The van der Waals surface area contributed by atoms with Crippen molar-refractivity contribution in [3.8, 4) is 0 Å². The van der Waals surface area contributed by atoms with Gasteiger partial charge in [0.1, 0.15) is 0 Å². The summed E-state index contributed by atoms with van der Waals surface area (Å²) in [7, 11) is 1.89. The van der Waals surface area contributed by atoms with Gasteiger partial charge in [-0.15, -0.1) is 0 Å². The Morgan fingerprint density at radius 2 is 2.33 bits per heavy atom. The molecule has 6 heteroatoms. The summed E-state index contributed by atoms with van der Waals surface area (Å²) in [5.41, 5.74) is 4.96. The van der Waals surface area contributed by atoms with Gasteiger partial charge in [0.05, 0.1) is 22.4 Å². The van der Waals surface area contributed by atoms with E-state index in [1.165, 1.54) is 0 Å². The number of benzene rings is 1. The van der Waals surface area contributed by atoms with Crippen molar-refractivity contribution < 1.29 is 0 Å². The van der Waals surface area contributed by atoms with Crippen molar-refractivity contribution in [3.63, 3.8) is 0 Å². The Bertz CT molecular complexity index is 521. The van der Waals surface area contributed by atoms with Crippen LogP contribution in [0.25, 0.3) is 0 Å². The molecule has 0 bridgehead atoms. The predicted molar refractivity (Wildman–Crippen MR) is 76.1 cm³/mol. The quantitative estimate of drug-likeness (QED) is 0.669. The summed E-state index contributed by atoms with van der Waals surface area (Å²) in [5, 5.41) is 4.92. The highest BCUT2D eigenvalue weighted by Crippen LogP contribution is 2.25. The molecule has 0 aliphatic carbocycles. The molecule has 0 aliphatic rings. The number of nitrogens with two attached hydrogens (primary N) is 1. The molecular weight excluding hydrogens is 316 g/mol. The van der Waals surface area contributed by atoms with E-state index in [2.05, 4.69) is 26.5 Å². The molecule has 1 unspecified atom stereocenters. The Kier molecular flexibility index (Phi) is 4.40. The summed E-state index contributed by atoms with van der Waals surface area (Å²) in [6.07, 6.45) is 2.51. The number of hydrazine groups is 1. The molecule has 0 saturated heterocycles. The fourth-order valence-corrected chi connectivity index (χ4v) is 2.78. The Hall–Kier alpha value is -0.880. The Morgan fingerprint density at radius 1 is 1.56 bits per heavy atom. The minimum Gasteiger partial charge on any atom is -0.271 e. The topological polar surface area (TPSA) is 55.9 Å². The summed E-state index contributed by atoms with van der Waals surface area (Å²) in [5.74, 6) is 5.64. The molecule has 0 saturated carbocycles. The molecule has 1 heterocycles. The fourth-order valence-electron chi connectivity index (χ4n) is 1.95. The molecule has 1 aromatic heterocycles. The maximum Gasteiger partial charge on any atom is 0.0709 e. The standard InChI is InChI=1S/C12H14BrClN4/c1-18-12(10(13)7-16-18)11(17-15)6-8-3-2-4-9(14)5-8/h2-5,7,11,17H,6,15H2,1H3. The molecule has 2 aromatic rings. The van der Waals surface area contributed by atoms with Crippen LogP contribution in [0, 0.1) is 0 Å². The highest BCUT2D eigenvalue weighted by Gasteiger charge is 2.18. The third-order valence-electron chi connectivity index (χ3n) is 2.80. The van der Waals surface area contributed by atoms with Crippen LogP contribution in [-0.4, -0.2) is 9.78 Å². The average Bonchev–Trinajstić information content (AvgIpc) is 2.67. The van der Waals surface area contributed by atoms with Crippen molar-refractivity contribution in [1.82, 2.24) is 15.2 Å². The lowest BCUT2D eigenvalue weighted by Crippen LogP contribution is -2.31. The lowest BCUT2D eigenvalue weighted by molar-refractivity contribution is 0.507. The van der Waals surface area contributed by atoms with Crippen LogP contribution >= 0.6 is 27.5 Å². The molecule has 0 spiro atoms. The van der Waals surface area contributed by atoms with Crippen molar-refractivity contribution in [2.24, 2.45) is 12.9 Å². The maximum absolute atomic E-state index is 5.98. The van der Waals surface area contributed by atoms with E-state index in [0.29, 0.717) is 0 Å². The molecule has 96 valence electrons. The van der Waals surface area contributed by atoms with Gasteiger partial charge in [-0.3, -0.25) is 16.0 Å². The minimum atomic E-state index is -0.0228. The van der Waals surface area contributed by atoms with Crippen LogP contribution in [-0.2, 0) is 13.5 Å². The first-order valence-electron chi connectivity index (χ1n) is 5.49. The molecule has 0 radical (unpaired) electrons. The highest BCUT2D eigenvalue weighted by molar-refractivity contribution is 9.10. The second-order valence-electron chi connectivity index (χ2n) is 4.05. The van der Waals surface area contributed by atoms with Gasteiger partial charge in [0.25, 0.3) is 0 Å². The second kappa shape index (κ2) is 5.84. The average molecular weight is 330 g/mol. The number of hydrogen-bond donors (Lipinski definition) is 2. The number of nitrogens with one attached hydrogen (secondary N) is 1. The van der Waals surface area contributed by atoms with Gasteiger partial charge in [-0.1, -0.05) is 23.7 Å². The monoisotopic (exact) mass is 328 g/mol. The van der Waals surface area contributed by atoms with E-state index < -0.39 is 0 Å². The Labute approximate surface area is 119 Å². The molecule has 0 fully saturated rings. The van der Waals surface area contributed by atoms with Gasteiger partial charge in [0.2, 0.25) is 0 Å². The summed E-state index contributed by atoms with van der Waals surface area (Å²) in [6.45, 7) is 0. The van der Waals surface area contributed by atoms with E-state index >= 15 is 0 Å². The molecule has 3 N–H and O–H groups in total. The molecule has 1 aromatic carbocycles.